The first kappa shape index (κ1) is 31.0. The van der Waals surface area contributed by atoms with Gasteiger partial charge in [-0.3, -0.25) is 14.4 Å². The fourth-order valence-electron chi connectivity index (χ4n) is 4.44. The Morgan fingerprint density at radius 3 is 2.13 bits per heavy atom. The third kappa shape index (κ3) is 8.15. The molecule has 1 heterocycles. The molecule has 1 unspecified atom stereocenters. The second-order valence-corrected chi connectivity index (χ2v) is 12.1. The van der Waals surface area contributed by atoms with E-state index in [1.165, 1.54) is 17.8 Å². The van der Waals surface area contributed by atoms with Crippen LogP contribution in [0, 0.1) is 18.3 Å². The lowest BCUT2D eigenvalue weighted by molar-refractivity contribution is -0.116. The van der Waals surface area contributed by atoms with E-state index in [0.29, 0.717) is 26.8 Å². The number of benzene rings is 4. The summed E-state index contributed by atoms with van der Waals surface area (Å²) in [5.74, 6) is -0.978. The van der Waals surface area contributed by atoms with Crippen LogP contribution in [-0.2, 0) is 9.59 Å². The van der Waals surface area contributed by atoms with Crippen LogP contribution in [0.5, 0.6) is 0 Å². The van der Waals surface area contributed by atoms with Gasteiger partial charge in [0.2, 0.25) is 11.8 Å². The molecule has 5 rings (SSSR count). The number of anilines is 3. The van der Waals surface area contributed by atoms with Crippen LogP contribution in [0.4, 0.5) is 16.4 Å². The Hall–Kier alpha value is -5.43. The van der Waals surface area contributed by atoms with Gasteiger partial charge < -0.3 is 16.0 Å². The number of amides is 3. The molecule has 5 aromatic rings. The van der Waals surface area contributed by atoms with Gasteiger partial charge in [-0.1, -0.05) is 84.9 Å². The van der Waals surface area contributed by atoms with Crippen LogP contribution in [-0.4, -0.2) is 17.7 Å². The second kappa shape index (κ2) is 14.8. The van der Waals surface area contributed by atoms with Crippen LogP contribution in [0.3, 0.4) is 0 Å². The minimum Gasteiger partial charge on any atom is -0.322 e. The highest BCUT2D eigenvalue weighted by Crippen LogP contribution is 2.39. The number of carbonyl (C=O) groups excluding carboxylic acids is 3. The van der Waals surface area contributed by atoms with Crippen molar-refractivity contribution >= 4 is 63.3 Å². The highest BCUT2D eigenvalue weighted by molar-refractivity contribution is 8.00. The summed E-state index contributed by atoms with van der Waals surface area (Å²) in [5, 5.41) is 18.2. The van der Waals surface area contributed by atoms with E-state index in [1.54, 1.807) is 31.2 Å². The van der Waals surface area contributed by atoms with E-state index < -0.39 is 5.25 Å². The van der Waals surface area contributed by atoms with E-state index in [9.17, 15) is 19.6 Å². The maximum atomic E-state index is 13.8. The fraction of sp³-hybridized carbons (Fsp3) is 0.0556. The monoisotopic (exact) mass is 628 g/mol. The predicted molar refractivity (Wildman–Crippen MR) is 182 cm³/mol. The van der Waals surface area contributed by atoms with Crippen molar-refractivity contribution in [2.75, 3.05) is 16.0 Å². The van der Waals surface area contributed by atoms with Crippen molar-refractivity contribution in [2.45, 2.75) is 17.1 Å². The molecule has 0 bridgehead atoms. The molecular formula is C36H28N4O3S2. The first-order valence-electron chi connectivity index (χ1n) is 14.0. The summed E-state index contributed by atoms with van der Waals surface area (Å²) in [7, 11) is 0. The molecule has 0 fully saturated rings. The molecule has 4 aromatic carbocycles. The minimum absolute atomic E-state index is 0.247. The minimum atomic E-state index is -0.689. The molecule has 3 N–H and O–H groups in total. The predicted octanol–water partition coefficient (Wildman–Crippen LogP) is 8.30. The third-order valence-corrected chi connectivity index (χ3v) is 9.11. The summed E-state index contributed by atoms with van der Waals surface area (Å²) in [6.07, 6.45) is 3.21. The number of thiophene rings is 1. The Labute approximate surface area is 269 Å². The van der Waals surface area contributed by atoms with E-state index in [1.807, 2.05) is 97.1 Å². The molecule has 222 valence electrons. The van der Waals surface area contributed by atoms with Gasteiger partial charge in [0.15, 0.2) is 0 Å². The normalized spacial score (nSPS) is 11.4. The molecule has 9 heteroatoms. The molecule has 0 aliphatic carbocycles. The molecule has 1 aromatic heterocycles. The van der Waals surface area contributed by atoms with E-state index in [0.717, 1.165) is 27.4 Å². The van der Waals surface area contributed by atoms with Gasteiger partial charge in [0.05, 0.1) is 10.4 Å². The largest absolute Gasteiger partial charge is 0.322 e. The number of nitrogens with one attached hydrogen (secondary N) is 3. The smallest absolute Gasteiger partial charge is 0.266 e. The Bertz CT molecular complexity index is 1880. The van der Waals surface area contributed by atoms with Gasteiger partial charge >= 0.3 is 0 Å². The zero-order chi connectivity index (χ0) is 31.6. The number of nitrogens with zero attached hydrogens (tertiary/aromatic N) is 1. The van der Waals surface area contributed by atoms with E-state index in [-0.39, 0.29) is 23.3 Å². The van der Waals surface area contributed by atoms with Crippen molar-refractivity contribution in [1.82, 2.24) is 0 Å². The lowest BCUT2D eigenvalue weighted by Crippen LogP contribution is -2.19. The van der Waals surface area contributed by atoms with Crippen molar-refractivity contribution in [2.24, 2.45) is 0 Å². The lowest BCUT2D eigenvalue weighted by Gasteiger charge is -2.17. The zero-order valence-electron chi connectivity index (χ0n) is 24.2. The maximum absolute atomic E-state index is 13.8. The molecule has 3 amide bonds. The quantitative estimate of drug-likeness (QED) is 0.106. The van der Waals surface area contributed by atoms with Crippen LogP contribution < -0.4 is 16.0 Å². The van der Waals surface area contributed by atoms with E-state index in [4.69, 9.17) is 0 Å². The molecule has 0 aliphatic heterocycles. The highest BCUT2D eigenvalue weighted by Gasteiger charge is 2.26. The molecule has 45 heavy (non-hydrogen) atoms. The first-order chi connectivity index (χ1) is 21.9. The Morgan fingerprint density at radius 1 is 0.800 bits per heavy atom. The number of carbonyl (C=O) groups is 3. The summed E-state index contributed by atoms with van der Waals surface area (Å²) in [4.78, 5) is 40.6. The van der Waals surface area contributed by atoms with Gasteiger partial charge in [0.1, 0.15) is 16.3 Å². The summed E-state index contributed by atoms with van der Waals surface area (Å²) in [6, 6.07) is 37.3. The standard InChI is InChI=1S/C36H28N4O3S2/c1-24-30(23-37)36(45-32(24)34(42)39-27-16-9-4-10-17-27)40-35(43)33(26-14-7-3-8-15-26)44-29-19-11-18-28(22-29)38-31(41)21-20-25-12-5-2-6-13-25/h2-22,33H,1H3,(H,38,41)(H,39,42)(H,40,43)/b21-20+. The van der Waals surface area contributed by atoms with Crippen LogP contribution >= 0.6 is 23.1 Å². The molecule has 7 nitrogen and oxygen atoms in total. The van der Waals surface area contributed by atoms with Crippen LogP contribution in [0.1, 0.15) is 37.2 Å². The number of rotatable bonds is 10. The zero-order valence-corrected chi connectivity index (χ0v) is 25.8. The van der Waals surface area contributed by atoms with Crippen molar-refractivity contribution in [3.8, 4) is 6.07 Å². The van der Waals surface area contributed by atoms with E-state index >= 15 is 0 Å². The molecule has 0 saturated heterocycles. The van der Waals surface area contributed by atoms with Gasteiger partial charge in [-0.05, 0) is 60.0 Å². The van der Waals surface area contributed by atoms with Gasteiger partial charge in [-0.15, -0.1) is 23.1 Å². The Morgan fingerprint density at radius 2 is 1.44 bits per heavy atom. The van der Waals surface area contributed by atoms with Gasteiger partial charge in [0.25, 0.3) is 5.91 Å². The molecule has 0 saturated carbocycles. The highest BCUT2D eigenvalue weighted by atomic mass is 32.2. The van der Waals surface area contributed by atoms with Crippen molar-refractivity contribution in [3.63, 3.8) is 0 Å². The average molecular weight is 629 g/mol. The number of hydrogen-bond donors (Lipinski definition) is 3. The van der Waals surface area contributed by atoms with Gasteiger partial charge in [0, 0.05) is 22.3 Å². The van der Waals surface area contributed by atoms with Crippen LogP contribution in [0.2, 0.25) is 0 Å². The van der Waals surface area contributed by atoms with Crippen molar-refractivity contribution < 1.29 is 14.4 Å². The Balaban J connectivity index is 1.34. The molecular weight excluding hydrogens is 601 g/mol. The Kier molecular flexibility index (Phi) is 10.2. The summed E-state index contributed by atoms with van der Waals surface area (Å²) in [6.45, 7) is 1.70. The topological polar surface area (TPSA) is 111 Å². The SMILES string of the molecule is Cc1c(C(=O)Nc2ccccc2)sc(NC(=O)C(Sc2cccc(NC(=O)/C=C/c3ccccc3)c2)c2ccccc2)c1C#N. The van der Waals surface area contributed by atoms with Gasteiger partial charge in [-0.2, -0.15) is 5.26 Å². The number of hydrogen-bond acceptors (Lipinski definition) is 6. The van der Waals surface area contributed by atoms with E-state index in [2.05, 4.69) is 22.0 Å². The fourth-order valence-corrected chi connectivity index (χ4v) is 6.58. The van der Waals surface area contributed by atoms with Crippen LogP contribution in [0.25, 0.3) is 6.08 Å². The third-order valence-electron chi connectivity index (χ3n) is 6.66. The maximum Gasteiger partial charge on any atom is 0.266 e. The molecule has 0 aliphatic rings. The summed E-state index contributed by atoms with van der Waals surface area (Å²) in [5.41, 5.74) is 3.64. The second-order valence-electron chi connectivity index (χ2n) is 9.85. The average Bonchev–Trinajstić information content (AvgIpc) is 3.38. The number of nitriles is 1. The summed E-state index contributed by atoms with van der Waals surface area (Å²) >= 11 is 2.38. The first-order valence-corrected chi connectivity index (χ1v) is 15.7. The molecule has 0 spiro atoms. The molecule has 1 atom stereocenters. The van der Waals surface area contributed by atoms with Crippen molar-refractivity contribution in [3.05, 3.63) is 148 Å². The van der Waals surface area contributed by atoms with Crippen molar-refractivity contribution in [1.29, 1.82) is 5.26 Å². The number of para-hydroxylation sites is 1. The summed E-state index contributed by atoms with van der Waals surface area (Å²) < 4.78 is 0. The van der Waals surface area contributed by atoms with Crippen LogP contribution in [0.15, 0.2) is 126 Å². The number of thioether (sulfide) groups is 1. The molecule has 0 radical (unpaired) electrons. The van der Waals surface area contributed by atoms with Gasteiger partial charge in [-0.25, -0.2) is 0 Å². The lowest BCUT2D eigenvalue weighted by atomic mass is 10.1.